The molecule has 17 aromatic rings. The lowest BCUT2D eigenvalue weighted by molar-refractivity contribution is 1.18. The summed E-state index contributed by atoms with van der Waals surface area (Å²) in [5, 5.41) is 19.3. The maximum absolute atomic E-state index is 2.44. The molecule has 4 heteroatoms. The van der Waals surface area contributed by atoms with Gasteiger partial charge in [-0.3, -0.25) is 0 Å². The number of hydrogen-bond donors (Lipinski definition) is 0. The van der Waals surface area contributed by atoms with Crippen LogP contribution in [0.1, 0.15) is 5.56 Å². The van der Waals surface area contributed by atoms with Crippen LogP contribution in [-0.2, 0) is 0 Å². The van der Waals surface area contributed by atoms with Crippen LogP contribution in [0.5, 0.6) is 0 Å². The normalized spacial score (nSPS) is 12.2. The first-order valence-corrected chi connectivity index (χ1v) is 26.6. The Hall–Kier alpha value is -10.2. The van der Waals surface area contributed by atoms with Crippen LogP contribution in [-0.4, -0.2) is 18.3 Å². The summed E-state index contributed by atoms with van der Waals surface area (Å²) in [6.07, 6.45) is 0. The zero-order valence-electron chi connectivity index (χ0n) is 42.1. The molecule has 0 aliphatic heterocycles. The van der Waals surface area contributed by atoms with Crippen LogP contribution < -0.4 is 0 Å². The van der Waals surface area contributed by atoms with Gasteiger partial charge in [0.15, 0.2) is 0 Å². The van der Waals surface area contributed by atoms with Crippen LogP contribution >= 0.6 is 0 Å². The first-order chi connectivity index (χ1) is 38.1. The monoisotopic (exact) mass is 978 g/mol. The first kappa shape index (κ1) is 42.2. The van der Waals surface area contributed by atoms with Crippen molar-refractivity contribution < 1.29 is 0 Å². The molecule has 4 heterocycles. The van der Waals surface area contributed by atoms with Gasteiger partial charge in [-0.1, -0.05) is 121 Å². The summed E-state index contributed by atoms with van der Waals surface area (Å²) >= 11 is 0. The van der Waals surface area contributed by atoms with Crippen LogP contribution in [0.3, 0.4) is 0 Å². The number of rotatable bonds is 4. The SMILES string of the molecule is Cc1ccc(-n2c3ccc4cc3c3cc(ccc32)c2ccc3c(c2)c2cc(ccc2n3-c2ccccc2)c2ccc3c(c2)c2cc(ccc2n3-c2ccccc2)c2ccc3c(c2)c2cc4ccc2n3-c2ccccc2)cc1. The molecular formula is C73H46N4. The van der Waals surface area contributed by atoms with Gasteiger partial charge < -0.3 is 18.3 Å². The Balaban J connectivity index is 1.04. The highest BCUT2D eigenvalue weighted by atomic mass is 15.0. The molecule has 0 aliphatic carbocycles. The summed E-state index contributed by atoms with van der Waals surface area (Å²) in [7, 11) is 0. The van der Waals surface area contributed by atoms with Gasteiger partial charge in [-0.25, -0.2) is 0 Å². The van der Waals surface area contributed by atoms with E-state index in [0.29, 0.717) is 0 Å². The predicted molar refractivity (Wildman–Crippen MR) is 327 cm³/mol. The van der Waals surface area contributed by atoms with E-state index in [9.17, 15) is 0 Å². The number of aryl methyl sites for hydroxylation is 1. The molecule has 17 rings (SSSR count). The molecule has 0 aliphatic rings. The molecule has 0 atom stereocenters. The molecule has 16 bridgehead atoms. The van der Waals surface area contributed by atoms with Crippen molar-refractivity contribution in [3.05, 3.63) is 266 Å². The molecule has 0 amide bonds. The van der Waals surface area contributed by atoms with E-state index in [1.165, 1.54) is 136 Å². The summed E-state index contributed by atoms with van der Waals surface area (Å²) in [5.41, 5.74) is 15.3. The fourth-order valence-corrected chi connectivity index (χ4v) is 13.1. The van der Waals surface area contributed by atoms with E-state index < -0.39 is 0 Å². The Morgan fingerprint density at radius 3 is 0.558 bits per heavy atom. The highest BCUT2D eigenvalue weighted by Crippen LogP contribution is 2.42. The van der Waals surface area contributed by atoms with E-state index in [1.807, 2.05) is 0 Å². The maximum Gasteiger partial charge on any atom is 0.0541 e. The molecule has 358 valence electrons. The van der Waals surface area contributed by atoms with E-state index >= 15 is 0 Å². The fourth-order valence-electron chi connectivity index (χ4n) is 13.1. The highest BCUT2D eigenvalue weighted by molar-refractivity contribution is 6.20. The minimum absolute atomic E-state index is 1.15. The minimum atomic E-state index is 1.15. The van der Waals surface area contributed by atoms with Crippen LogP contribution in [0.2, 0.25) is 0 Å². The van der Waals surface area contributed by atoms with Gasteiger partial charge in [0, 0.05) is 65.8 Å². The zero-order chi connectivity index (χ0) is 50.5. The zero-order valence-corrected chi connectivity index (χ0v) is 42.1. The quantitative estimate of drug-likeness (QED) is 0.167. The van der Waals surface area contributed by atoms with Crippen LogP contribution in [0.15, 0.2) is 261 Å². The Kier molecular flexibility index (Phi) is 8.73. The second kappa shape index (κ2) is 15.9. The van der Waals surface area contributed by atoms with E-state index in [-0.39, 0.29) is 0 Å². The van der Waals surface area contributed by atoms with Crippen molar-refractivity contribution in [3.63, 3.8) is 0 Å². The predicted octanol–water partition coefficient (Wildman–Crippen LogP) is 19.6. The minimum Gasteiger partial charge on any atom is -0.309 e. The molecule has 0 radical (unpaired) electrons. The standard InChI is InChI=1S/C73H46N4/c1-45-17-27-57(28-18-45)77-72-35-25-52-43-64(72)65-44-53(26-36-73(65)77)51-24-34-71-63(42-51)61-40-49(22-32-69(61)76(71)56-15-9-4-10-16-56)47-20-30-67-59(38-47)58-37-46(19-29-66(58)74(67)54-11-5-2-6-12-54)48-21-31-68-60(39-48)62-41-50(52)23-33-70(62)75(68)55-13-7-3-8-14-55/h2-44H,1H3. The lowest BCUT2D eigenvalue weighted by Gasteiger charge is -2.08. The van der Waals surface area contributed by atoms with Crippen molar-refractivity contribution in [3.8, 4) is 22.7 Å². The van der Waals surface area contributed by atoms with Gasteiger partial charge in [0.25, 0.3) is 0 Å². The summed E-state index contributed by atoms with van der Waals surface area (Å²) in [6.45, 7) is 2.16. The summed E-state index contributed by atoms with van der Waals surface area (Å²) in [6, 6.07) is 97.9. The highest BCUT2D eigenvalue weighted by Gasteiger charge is 2.19. The van der Waals surface area contributed by atoms with Crippen molar-refractivity contribution in [2.45, 2.75) is 6.92 Å². The van der Waals surface area contributed by atoms with Gasteiger partial charge in [0.2, 0.25) is 0 Å². The molecular weight excluding hydrogens is 933 g/mol. The van der Waals surface area contributed by atoms with Gasteiger partial charge >= 0.3 is 0 Å². The van der Waals surface area contributed by atoms with Gasteiger partial charge in [0.05, 0.1) is 44.1 Å². The summed E-state index contributed by atoms with van der Waals surface area (Å²) in [4.78, 5) is 0. The van der Waals surface area contributed by atoms with E-state index in [1.54, 1.807) is 0 Å². The van der Waals surface area contributed by atoms with Crippen molar-refractivity contribution in [2.24, 2.45) is 0 Å². The smallest absolute Gasteiger partial charge is 0.0541 e. The Morgan fingerprint density at radius 1 is 0.182 bits per heavy atom. The number of fused-ring (bicyclic) bond motifs is 12. The third kappa shape index (κ3) is 6.21. The number of para-hydroxylation sites is 3. The average molecular weight is 979 g/mol. The molecule has 4 nitrogen and oxygen atoms in total. The molecule has 0 N–H and O–H groups in total. The topological polar surface area (TPSA) is 19.7 Å². The Morgan fingerprint density at radius 2 is 0.364 bits per heavy atom. The first-order valence-electron chi connectivity index (χ1n) is 26.6. The molecule has 4 aromatic heterocycles. The second-order valence-electron chi connectivity index (χ2n) is 21.0. The number of hydrogen-bond acceptors (Lipinski definition) is 0. The largest absolute Gasteiger partial charge is 0.309 e. The van der Waals surface area contributed by atoms with Crippen molar-refractivity contribution in [2.75, 3.05) is 0 Å². The van der Waals surface area contributed by atoms with Crippen LogP contribution in [0, 0.1) is 6.92 Å². The number of nitrogens with zero attached hydrogens (tertiary/aromatic N) is 4. The van der Waals surface area contributed by atoms with Gasteiger partial charge in [0.1, 0.15) is 0 Å². The van der Waals surface area contributed by atoms with Crippen LogP contribution in [0.25, 0.3) is 153 Å². The molecule has 0 spiro atoms. The summed E-state index contributed by atoms with van der Waals surface area (Å²) in [5.74, 6) is 0. The lowest BCUT2D eigenvalue weighted by atomic mass is 10.0. The molecule has 77 heavy (non-hydrogen) atoms. The third-order valence-corrected chi connectivity index (χ3v) is 16.7. The molecule has 13 aromatic carbocycles. The molecule has 0 fully saturated rings. The van der Waals surface area contributed by atoms with Gasteiger partial charge in [-0.15, -0.1) is 0 Å². The Labute approximate surface area is 442 Å². The molecule has 0 unspecified atom stereocenters. The Bertz CT molecular complexity index is 5070. The van der Waals surface area contributed by atoms with Crippen LogP contribution in [0.4, 0.5) is 0 Å². The number of aromatic nitrogens is 4. The van der Waals surface area contributed by atoms with E-state index in [4.69, 9.17) is 0 Å². The molecule has 0 saturated heterocycles. The number of benzene rings is 12. The van der Waals surface area contributed by atoms with Crippen molar-refractivity contribution in [1.82, 2.24) is 18.3 Å². The average Bonchev–Trinajstić information content (AvgIpc) is 4.38. The van der Waals surface area contributed by atoms with E-state index in [0.717, 1.165) is 22.7 Å². The van der Waals surface area contributed by atoms with Crippen molar-refractivity contribution >= 4 is 130 Å². The lowest BCUT2D eigenvalue weighted by Crippen LogP contribution is -1.93. The van der Waals surface area contributed by atoms with Crippen molar-refractivity contribution in [1.29, 1.82) is 0 Å². The summed E-state index contributed by atoms with van der Waals surface area (Å²) < 4.78 is 9.72. The van der Waals surface area contributed by atoms with Gasteiger partial charge in [-0.2, -0.15) is 0 Å². The fraction of sp³-hybridized carbons (Fsp3) is 0.0137. The van der Waals surface area contributed by atoms with Gasteiger partial charge in [-0.05, 0) is 196 Å². The maximum atomic E-state index is 2.44. The molecule has 0 saturated carbocycles. The van der Waals surface area contributed by atoms with E-state index in [2.05, 4.69) is 286 Å². The second-order valence-corrected chi connectivity index (χ2v) is 21.0. The third-order valence-electron chi connectivity index (χ3n) is 16.7.